The Labute approximate surface area is 65.4 Å². The van der Waals surface area contributed by atoms with Crippen molar-refractivity contribution in [3.8, 4) is 0 Å². The van der Waals surface area contributed by atoms with Crippen molar-refractivity contribution < 1.29 is 20.1 Å². The third kappa shape index (κ3) is 1.70. The Morgan fingerprint density at radius 2 is 2.18 bits per heavy atom. The third-order valence-corrected chi connectivity index (χ3v) is 2.04. The highest BCUT2D eigenvalue weighted by molar-refractivity contribution is 4.85. The molecule has 1 heterocycles. The van der Waals surface area contributed by atoms with Crippen molar-refractivity contribution in [1.29, 1.82) is 0 Å². The first-order chi connectivity index (χ1) is 5.16. The Morgan fingerprint density at radius 3 is 2.55 bits per heavy atom. The van der Waals surface area contributed by atoms with E-state index in [4.69, 9.17) is 14.9 Å². The van der Waals surface area contributed by atoms with Gasteiger partial charge in [-0.15, -0.1) is 0 Å². The van der Waals surface area contributed by atoms with Gasteiger partial charge in [-0.1, -0.05) is 6.92 Å². The fourth-order valence-electron chi connectivity index (χ4n) is 1.23. The average Bonchev–Trinajstić information content (AvgIpc) is 2.32. The smallest absolute Gasteiger partial charge is 0.109 e. The van der Waals surface area contributed by atoms with Gasteiger partial charge >= 0.3 is 0 Å². The number of aliphatic hydroxyl groups excluding tert-OH is 3. The van der Waals surface area contributed by atoms with Crippen molar-refractivity contribution in [3.05, 3.63) is 0 Å². The number of ether oxygens (including phenoxy) is 1. The molecule has 0 aromatic rings. The summed E-state index contributed by atoms with van der Waals surface area (Å²) < 4.78 is 5.07. The SMILES string of the molecule is CC(CO)C1OCC(O)C1O. The maximum atomic E-state index is 9.27. The van der Waals surface area contributed by atoms with Crippen LogP contribution < -0.4 is 0 Å². The van der Waals surface area contributed by atoms with Gasteiger partial charge in [-0.25, -0.2) is 0 Å². The minimum Gasteiger partial charge on any atom is -0.396 e. The van der Waals surface area contributed by atoms with Crippen LogP contribution in [0.4, 0.5) is 0 Å². The monoisotopic (exact) mass is 162 g/mol. The molecule has 0 amide bonds. The molecule has 4 heteroatoms. The van der Waals surface area contributed by atoms with Crippen molar-refractivity contribution in [1.82, 2.24) is 0 Å². The van der Waals surface area contributed by atoms with E-state index in [-0.39, 0.29) is 19.1 Å². The molecule has 0 aromatic carbocycles. The van der Waals surface area contributed by atoms with Gasteiger partial charge in [0.1, 0.15) is 12.2 Å². The van der Waals surface area contributed by atoms with Crippen molar-refractivity contribution in [2.24, 2.45) is 5.92 Å². The molecule has 0 saturated carbocycles. The predicted octanol–water partition coefficient (Wildman–Crippen LogP) is -1.26. The molecule has 1 rings (SSSR count). The Morgan fingerprint density at radius 1 is 1.55 bits per heavy atom. The molecule has 1 saturated heterocycles. The third-order valence-electron chi connectivity index (χ3n) is 2.04. The first-order valence-corrected chi connectivity index (χ1v) is 3.75. The summed E-state index contributed by atoms with van der Waals surface area (Å²) in [5.41, 5.74) is 0. The van der Waals surface area contributed by atoms with Crippen LogP contribution in [0.3, 0.4) is 0 Å². The summed E-state index contributed by atoms with van der Waals surface area (Å²) in [4.78, 5) is 0. The maximum absolute atomic E-state index is 9.27. The van der Waals surface area contributed by atoms with E-state index in [1.165, 1.54) is 0 Å². The van der Waals surface area contributed by atoms with Crippen LogP contribution in [0.5, 0.6) is 0 Å². The molecule has 0 aromatic heterocycles. The first-order valence-electron chi connectivity index (χ1n) is 3.75. The first kappa shape index (κ1) is 8.93. The molecule has 4 nitrogen and oxygen atoms in total. The molecule has 0 bridgehead atoms. The molecule has 1 aliphatic heterocycles. The molecule has 0 radical (unpaired) electrons. The Hall–Kier alpha value is -0.160. The summed E-state index contributed by atoms with van der Waals surface area (Å²) in [5, 5.41) is 27.1. The maximum Gasteiger partial charge on any atom is 0.109 e. The standard InChI is InChI=1S/C7H14O4/c1-4(2-8)7-6(10)5(9)3-11-7/h4-10H,2-3H2,1H3. The minimum atomic E-state index is -0.850. The van der Waals surface area contributed by atoms with Crippen molar-refractivity contribution >= 4 is 0 Å². The van der Waals surface area contributed by atoms with Crippen LogP contribution in [0.1, 0.15) is 6.92 Å². The molecule has 4 unspecified atom stereocenters. The van der Waals surface area contributed by atoms with Crippen LogP contribution in [-0.2, 0) is 4.74 Å². The summed E-state index contributed by atoms with van der Waals surface area (Å²) in [6, 6.07) is 0. The van der Waals surface area contributed by atoms with E-state index in [1.807, 2.05) is 0 Å². The summed E-state index contributed by atoms with van der Waals surface area (Å²) in [6.45, 7) is 1.90. The summed E-state index contributed by atoms with van der Waals surface area (Å²) >= 11 is 0. The number of rotatable bonds is 2. The highest BCUT2D eigenvalue weighted by Gasteiger charge is 2.37. The van der Waals surface area contributed by atoms with Crippen LogP contribution in [0.2, 0.25) is 0 Å². The van der Waals surface area contributed by atoms with Crippen LogP contribution in [0.25, 0.3) is 0 Å². The number of hydrogen-bond donors (Lipinski definition) is 3. The molecule has 4 atom stereocenters. The van der Waals surface area contributed by atoms with E-state index >= 15 is 0 Å². The minimum absolute atomic E-state index is 0.0333. The molecular formula is C7H14O4. The lowest BCUT2D eigenvalue weighted by atomic mass is 10.00. The topological polar surface area (TPSA) is 69.9 Å². The lowest BCUT2D eigenvalue weighted by Crippen LogP contribution is -2.35. The lowest BCUT2D eigenvalue weighted by Gasteiger charge is -2.19. The molecule has 0 spiro atoms. The van der Waals surface area contributed by atoms with Gasteiger partial charge in [0.15, 0.2) is 0 Å². The number of hydrogen-bond acceptors (Lipinski definition) is 4. The van der Waals surface area contributed by atoms with Crippen LogP contribution in [-0.4, -0.2) is 46.8 Å². The average molecular weight is 162 g/mol. The fraction of sp³-hybridized carbons (Fsp3) is 1.00. The van der Waals surface area contributed by atoms with E-state index in [1.54, 1.807) is 6.92 Å². The molecular weight excluding hydrogens is 148 g/mol. The summed E-state index contributed by atoms with van der Waals surface area (Å²) in [5.74, 6) is -0.123. The van der Waals surface area contributed by atoms with Gasteiger partial charge in [0, 0.05) is 12.5 Å². The second-order valence-electron chi connectivity index (χ2n) is 3.02. The van der Waals surface area contributed by atoms with Gasteiger partial charge in [0.2, 0.25) is 0 Å². The van der Waals surface area contributed by atoms with Gasteiger partial charge in [-0.2, -0.15) is 0 Å². The van der Waals surface area contributed by atoms with Crippen LogP contribution in [0.15, 0.2) is 0 Å². The van der Waals surface area contributed by atoms with Crippen molar-refractivity contribution in [2.45, 2.75) is 25.2 Å². The van der Waals surface area contributed by atoms with Gasteiger partial charge in [0.05, 0.1) is 12.7 Å². The summed E-state index contributed by atoms with van der Waals surface area (Å²) in [6.07, 6.45) is -2.07. The Balaban J connectivity index is 2.47. The lowest BCUT2D eigenvalue weighted by molar-refractivity contribution is -0.0179. The number of aliphatic hydroxyl groups is 3. The second kappa shape index (κ2) is 3.49. The van der Waals surface area contributed by atoms with E-state index in [0.29, 0.717) is 0 Å². The van der Waals surface area contributed by atoms with Gasteiger partial charge < -0.3 is 20.1 Å². The quantitative estimate of drug-likeness (QED) is 0.474. The fourth-order valence-corrected chi connectivity index (χ4v) is 1.23. The zero-order chi connectivity index (χ0) is 8.43. The van der Waals surface area contributed by atoms with E-state index in [0.717, 1.165) is 0 Å². The van der Waals surface area contributed by atoms with Gasteiger partial charge in [-0.3, -0.25) is 0 Å². The molecule has 1 fully saturated rings. The van der Waals surface area contributed by atoms with Gasteiger partial charge in [0.25, 0.3) is 0 Å². The molecule has 3 N–H and O–H groups in total. The largest absolute Gasteiger partial charge is 0.396 e. The van der Waals surface area contributed by atoms with E-state index < -0.39 is 18.3 Å². The van der Waals surface area contributed by atoms with Crippen molar-refractivity contribution in [3.63, 3.8) is 0 Å². The second-order valence-corrected chi connectivity index (χ2v) is 3.02. The normalized spacial score (nSPS) is 40.9. The van der Waals surface area contributed by atoms with Crippen LogP contribution >= 0.6 is 0 Å². The zero-order valence-electron chi connectivity index (χ0n) is 6.47. The molecule has 11 heavy (non-hydrogen) atoms. The molecule has 1 aliphatic rings. The predicted molar refractivity (Wildman–Crippen MR) is 38.0 cm³/mol. The highest BCUT2D eigenvalue weighted by atomic mass is 16.5. The zero-order valence-corrected chi connectivity index (χ0v) is 6.47. The van der Waals surface area contributed by atoms with E-state index in [9.17, 15) is 5.11 Å². The summed E-state index contributed by atoms with van der Waals surface area (Å²) in [7, 11) is 0. The van der Waals surface area contributed by atoms with Gasteiger partial charge in [-0.05, 0) is 0 Å². The highest BCUT2D eigenvalue weighted by Crippen LogP contribution is 2.20. The molecule has 0 aliphatic carbocycles. The van der Waals surface area contributed by atoms with E-state index in [2.05, 4.69) is 0 Å². The Bertz CT molecular complexity index is 128. The van der Waals surface area contributed by atoms with Crippen molar-refractivity contribution in [2.75, 3.05) is 13.2 Å². The van der Waals surface area contributed by atoms with Crippen LogP contribution in [0, 0.1) is 5.92 Å². The Kier molecular flexibility index (Phi) is 2.84. The molecule has 66 valence electrons.